The lowest BCUT2D eigenvalue weighted by atomic mass is 9.81. The predicted molar refractivity (Wildman–Crippen MR) is 173 cm³/mol. The van der Waals surface area contributed by atoms with E-state index >= 15 is 0 Å². The van der Waals surface area contributed by atoms with Crippen molar-refractivity contribution in [1.29, 1.82) is 0 Å². The van der Waals surface area contributed by atoms with Crippen LogP contribution < -0.4 is 10.6 Å². The van der Waals surface area contributed by atoms with Gasteiger partial charge in [-0.25, -0.2) is 8.42 Å². The average molecular weight is 647 g/mol. The van der Waals surface area contributed by atoms with Gasteiger partial charge in [0.05, 0.1) is 23.5 Å². The number of nitrogens with zero attached hydrogens (tertiary/aromatic N) is 2. The molecule has 4 rings (SSSR count). The van der Waals surface area contributed by atoms with E-state index in [0.717, 1.165) is 23.3 Å². The Balaban J connectivity index is 1.60. The van der Waals surface area contributed by atoms with E-state index in [9.17, 15) is 22.8 Å². The SMILES string of the molecule is CCCN(CCC)C(=O)c1c(NC(=O)c2ccc(S(=O)(=O)N3CCC(C(=O)OC)CC3)cc2)sc2c1CC(C)(C)NC2(C)C. The molecular weight excluding hydrogens is 601 g/mol. The van der Waals surface area contributed by atoms with Crippen LogP contribution in [0.1, 0.15) is 98.4 Å². The van der Waals surface area contributed by atoms with E-state index in [4.69, 9.17) is 4.74 Å². The summed E-state index contributed by atoms with van der Waals surface area (Å²) in [7, 11) is -2.46. The number of hydrogen-bond acceptors (Lipinski definition) is 8. The Bertz CT molecular complexity index is 1480. The van der Waals surface area contributed by atoms with Gasteiger partial charge in [-0.2, -0.15) is 4.31 Å². The lowest BCUT2D eigenvalue weighted by Gasteiger charge is -2.42. The van der Waals surface area contributed by atoms with Gasteiger partial charge < -0.3 is 20.3 Å². The number of esters is 1. The quantitative estimate of drug-likeness (QED) is 0.348. The number of carbonyl (C=O) groups is 3. The molecule has 44 heavy (non-hydrogen) atoms. The van der Waals surface area contributed by atoms with Gasteiger partial charge in [0.2, 0.25) is 10.0 Å². The Morgan fingerprint density at radius 2 is 1.64 bits per heavy atom. The number of carbonyl (C=O) groups excluding carboxylic acids is 3. The van der Waals surface area contributed by atoms with E-state index in [1.807, 2.05) is 18.7 Å². The smallest absolute Gasteiger partial charge is 0.308 e. The first-order valence-corrected chi connectivity index (χ1v) is 17.6. The van der Waals surface area contributed by atoms with Crippen molar-refractivity contribution in [2.75, 3.05) is 38.6 Å². The lowest BCUT2D eigenvalue weighted by molar-refractivity contribution is -0.146. The fourth-order valence-electron chi connectivity index (χ4n) is 6.46. The van der Waals surface area contributed by atoms with Crippen LogP contribution >= 0.6 is 11.3 Å². The number of hydrogen-bond donors (Lipinski definition) is 2. The number of sulfonamides is 1. The number of thiophene rings is 1. The van der Waals surface area contributed by atoms with E-state index in [-0.39, 0.29) is 46.9 Å². The third-order valence-corrected chi connectivity index (χ3v) is 11.7. The largest absolute Gasteiger partial charge is 0.469 e. The highest BCUT2D eigenvalue weighted by atomic mass is 32.2. The molecule has 1 aromatic carbocycles. The van der Waals surface area contributed by atoms with E-state index in [1.54, 1.807) is 0 Å². The van der Waals surface area contributed by atoms with Gasteiger partial charge in [0.1, 0.15) is 5.00 Å². The molecule has 0 unspecified atom stereocenters. The molecule has 1 aromatic heterocycles. The monoisotopic (exact) mass is 646 g/mol. The van der Waals surface area contributed by atoms with Crippen molar-refractivity contribution in [1.82, 2.24) is 14.5 Å². The minimum absolute atomic E-state index is 0.0765. The molecule has 2 aromatic rings. The summed E-state index contributed by atoms with van der Waals surface area (Å²) in [5, 5.41) is 7.21. The second kappa shape index (κ2) is 13.3. The Morgan fingerprint density at radius 1 is 1.05 bits per heavy atom. The number of ether oxygens (including phenoxy) is 1. The number of nitrogens with one attached hydrogen (secondary N) is 2. The number of rotatable bonds is 10. The molecule has 3 heterocycles. The molecule has 0 saturated carbocycles. The van der Waals surface area contributed by atoms with Crippen LogP contribution in [0.2, 0.25) is 0 Å². The van der Waals surface area contributed by atoms with Crippen LogP contribution in [0, 0.1) is 5.92 Å². The zero-order valence-electron chi connectivity index (χ0n) is 26.9. The van der Waals surface area contributed by atoms with Crippen molar-refractivity contribution < 1.29 is 27.5 Å². The Morgan fingerprint density at radius 3 is 2.18 bits per heavy atom. The van der Waals surface area contributed by atoms with Crippen molar-refractivity contribution in [2.45, 2.75) is 89.6 Å². The molecule has 12 heteroatoms. The van der Waals surface area contributed by atoms with E-state index in [2.05, 4.69) is 38.3 Å². The zero-order valence-corrected chi connectivity index (χ0v) is 28.5. The fraction of sp³-hybridized carbons (Fsp3) is 0.594. The molecule has 0 radical (unpaired) electrons. The summed E-state index contributed by atoms with van der Waals surface area (Å²) in [6.45, 7) is 14.2. The number of piperidine rings is 1. The molecule has 10 nitrogen and oxygen atoms in total. The van der Waals surface area contributed by atoms with Crippen LogP contribution in [0.25, 0.3) is 0 Å². The molecule has 2 N–H and O–H groups in total. The lowest BCUT2D eigenvalue weighted by Crippen LogP contribution is -2.55. The van der Waals surface area contributed by atoms with Crippen LogP contribution in [-0.4, -0.2) is 74.2 Å². The molecule has 1 fully saturated rings. The molecular formula is C32H46N4O6S2. The van der Waals surface area contributed by atoms with E-state index in [1.165, 1.54) is 47.0 Å². The Kier molecular flexibility index (Phi) is 10.3. The van der Waals surface area contributed by atoms with Gasteiger partial charge in [-0.1, -0.05) is 13.8 Å². The maximum atomic E-state index is 14.1. The highest BCUT2D eigenvalue weighted by Gasteiger charge is 2.42. The van der Waals surface area contributed by atoms with Crippen LogP contribution in [0.4, 0.5) is 5.00 Å². The van der Waals surface area contributed by atoms with Crippen molar-refractivity contribution >= 4 is 44.1 Å². The summed E-state index contributed by atoms with van der Waals surface area (Å²) >= 11 is 1.43. The van der Waals surface area contributed by atoms with Crippen molar-refractivity contribution in [3.05, 3.63) is 45.8 Å². The molecule has 2 amide bonds. The minimum atomic E-state index is -3.79. The summed E-state index contributed by atoms with van der Waals surface area (Å²) in [6.07, 6.45) is 3.10. The Hall–Kier alpha value is -2.80. The fourth-order valence-corrected chi connectivity index (χ4v) is 9.19. The van der Waals surface area contributed by atoms with Crippen LogP contribution in [0.5, 0.6) is 0 Å². The van der Waals surface area contributed by atoms with E-state index in [0.29, 0.717) is 42.9 Å². The van der Waals surface area contributed by atoms with Gasteiger partial charge in [-0.3, -0.25) is 14.4 Å². The molecule has 242 valence electrons. The van der Waals surface area contributed by atoms with Crippen molar-refractivity contribution in [3.8, 4) is 0 Å². The van der Waals surface area contributed by atoms with Crippen LogP contribution in [0.3, 0.4) is 0 Å². The van der Waals surface area contributed by atoms with Gasteiger partial charge in [0.15, 0.2) is 0 Å². The van der Waals surface area contributed by atoms with Crippen LogP contribution in [-0.2, 0) is 31.5 Å². The summed E-state index contributed by atoms with van der Waals surface area (Å²) in [5.74, 6) is -1.11. The third kappa shape index (κ3) is 7.03. The van der Waals surface area contributed by atoms with Gasteiger partial charge >= 0.3 is 5.97 Å². The molecule has 0 spiro atoms. The maximum Gasteiger partial charge on any atom is 0.308 e. The molecule has 1 saturated heterocycles. The average Bonchev–Trinajstić information content (AvgIpc) is 3.33. The summed E-state index contributed by atoms with van der Waals surface area (Å²) in [5.41, 5.74) is 1.16. The number of benzene rings is 1. The van der Waals surface area contributed by atoms with Gasteiger partial charge in [-0.15, -0.1) is 11.3 Å². The third-order valence-electron chi connectivity index (χ3n) is 8.30. The summed E-state index contributed by atoms with van der Waals surface area (Å²) in [6, 6.07) is 5.85. The number of anilines is 1. The number of amides is 2. The van der Waals surface area contributed by atoms with Gasteiger partial charge in [0.25, 0.3) is 11.8 Å². The number of methoxy groups -OCH3 is 1. The molecule has 0 bridgehead atoms. The molecule has 2 aliphatic heterocycles. The standard InChI is InChI=1S/C32H46N4O6S2/c1-8-16-35(17-9-2)29(38)25-24-20-31(3,4)34-32(5,6)26(24)43-28(25)33-27(37)21-10-12-23(13-11-21)44(40,41)36-18-14-22(15-19-36)30(39)42-7/h10-13,22,34H,8-9,14-20H2,1-7H3,(H,33,37). The highest BCUT2D eigenvalue weighted by Crippen LogP contribution is 2.45. The Labute approximate surface area is 265 Å². The first kappa shape index (κ1) is 34.1. The highest BCUT2D eigenvalue weighted by molar-refractivity contribution is 7.89. The summed E-state index contributed by atoms with van der Waals surface area (Å²) in [4.78, 5) is 42.4. The zero-order chi connectivity index (χ0) is 32.4. The molecule has 0 atom stereocenters. The van der Waals surface area contributed by atoms with Crippen LogP contribution in [0.15, 0.2) is 29.2 Å². The maximum absolute atomic E-state index is 14.1. The normalized spacial score (nSPS) is 18.3. The van der Waals surface area contributed by atoms with Crippen molar-refractivity contribution in [3.63, 3.8) is 0 Å². The second-order valence-electron chi connectivity index (χ2n) is 12.9. The minimum Gasteiger partial charge on any atom is -0.469 e. The first-order valence-electron chi connectivity index (χ1n) is 15.4. The topological polar surface area (TPSA) is 125 Å². The first-order chi connectivity index (χ1) is 20.6. The van der Waals surface area contributed by atoms with Gasteiger partial charge in [-0.05, 0) is 89.6 Å². The molecule has 0 aliphatic carbocycles. The number of fused-ring (bicyclic) bond motifs is 1. The predicted octanol–water partition coefficient (Wildman–Crippen LogP) is 5.00. The molecule has 2 aliphatic rings. The van der Waals surface area contributed by atoms with Gasteiger partial charge in [0, 0.05) is 47.7 Å². The summed E-state index contributed by atoms with van der Waals surface area (Å²) < 4.78 is 32.7. The van der Waals surface area contributed by atoms with E-state index < -0.39 is 21.5 Å². The second-order valence-corrected chi connectivity index (χ2v) is 15.9. The van der Waals surface area contributed by atoms with Crippen molar-refractivity contribution in [2.24, 2.45) is 5.92 Å².